The first-order valence-electron chi connectivity index (χ1n) is 5.28. The lowest BCUT2D eigenvalue weighted by atomic mass is 10.1. The normalized spacial score (nSPS) is 12.0. The van der Waals surface area contributed by atoms with Crippen LogP contribution in [0.4, 0.5) is 8.78 Å². The van der Waals surface area contributed by atoms with Crippen molar-refractivity contribution >= 4 is 11.8 Å². The van der Waals surface area contributed by atoms with Crippen LogP contribution in [-0.2, 0) is 4.79 Å². The summed E-state index contributed by atoms with van der Waals surface area (Å²) in [5.41, 5.74) is -0.289. The molecule has 1 unspecified atom stereocenters. The largest absolute Gasteiger partial charge is 0.479 e. The molecule has 98 valence electrons. The SMILES string of the molecule is CCC(=O)c1cc(F)cc(F)c1OC(C)C(=O)O. The second-order valence-electron chi connectivity index (χ2n) is 3.64. The summed E-state index contributed by atoms with van der Waals surface area (Å²) < 4.78 is 31.4. The number of ketones is 1. The zero-order chi connectivity index (χ0) is 13.9. The number of halogens is 2. The molecule has 0 aliphatic rings. The molecule has 0 saturated carbocycles. The molecule has 0 radical (unpaired) electrons. The van der Waals surface area contributed by atoms with Gasteiger partial charge < -0.3 is 9.84 Å². The first kappa shape index (κ1) is 14.1. The van der Waals surface area contributed by atoms with E-state index >= 15 is 0 Å². The molecule has 4 nitrogen and oxygen atoms in total. The molecule has 0 bridgehead atoms. The molecule has 1 aromatic rings. The third-order valence-corrected chi connectivity index (χ3v) is 2.27. The van der Waals surface area contributed by atoms with Gasteiger partial charge >= 0.3 is 5.97 Å². The van der Waals surface area contributed by atoms with E-state index in [2.05, 4.69) is 0 Å². The number of ether oxygens (including phenoxy) is 1. The summed E-state index contributed by atoms with van der Waals surface area (Å²) >= 11 is 0. The van der Waals surface area contributed by atoms with E-state index in [1.165, 1.54) is 13.8 Å². The van der Waals surface area contributed by atoms with Crippen LogP contribution in [0.3, 0.4) is 0 Å². The highest BCUT2D eigenvalue weighted by molar-refractivity contribution is 5.98. The number of aliphatic carboxylic acids is 1. The van der Waals surface area contributed by atoms with Crippen LogP contribution < -0.4 is 4.74 Å². The first-order chi connectivity index (χ1) is 8.36. The van der Waals surface area contributed by atoms with Gasteiger partial charge in [0, 0.05) is 12.5 Å². The fourth-order valence-electron chi connectivity index (χ4n) is 1.30. The standard InChI is InChI=1S/C12H12F2O4/c1-3-10(15)8-4-7(13)5-9(14)11(8)18-6(2)12(16)17/h4-6H,3H2,1-2H3,(H,16,17). The lowest BCUT2D eigenvalue weighted by Crippen LogP contribution is -2.24. The minimum atomic E-state index is -1.34. The van der Waals surface area contributed by atoms with E-state index in [4.69, 9.17) is 9.84 Å². The van der Waals surface area contributed by atoms with Crippen LogP contribution >= 0.6 is 0 Å². The zero-order valence-corrected chi connectivity index (χ0v) is 9.87. The highest BCUT2D eigenvalue weighted by Crippen LogP contribution is 2.26. The van der Waals surface area contributed by atoms with Crippen molar-refractivity contribution in [1.29, 1.82) is 0 Å². The summed E-state index contributed by atoms with van der Waals surface area (Å²) in [5, 5.41) is 8.67. The number of hydrogen-bond donors (Lipinski definition) is 1. The van der Waals surface area contributed by atoms with Crippen molar-refractivity contribution < 1.29 is 28.2 Å². The summed E-state index contributed by atoms with van der Waals surface area (Å²) in [7, 11) is 0. The van der Waals surface area contributed by atoms with Crippen molar-refractivity contribution in [1.82, 2.24) is 0 Å². The molecule has 0 aliphatic heterocycles. The van der Waals surface area contributed by atoms with Crippen molar-refractivity contribution in [3.05, 3.63) is 29.3 Å². The molecule has 1 rings (SSSR count). The fourth-order valence-corrected chi connectivity index (χ4v) is 1.30. The van der Waals surface area contributed by atoms with Gasteiger partial charge in [0.15, 0.2) is 23.5 Å². The zero-order valence-electron chi connectivity index (χ0n) is 9.87. The highest BCUT2D eigenvalue weighted by atomic mass is 19.1. The van der Waals surface area contributed by atoms with Gasteiger partial charge in [0.2, 0.25) is 0 Å². The van der Waals surface area contributed by atoms with Gasteiger partial charge in [0.05, 0.1) is 5.56 Å². The van der Waals surface area contributed by atoms with Gasteiger partial charge in [-0.15, -0.1) is 0 Å². The summed E-state index contributed by atoms with van der Waals surface area (Å²) in [6.45, 7) is 2.71. The Morgan fingerprint density at radius 1 is 1.39 bits per heavy atom. The van der Waals surface area contributed by atoms with Crippen LogP contribution in [0.5, 0.6) is 5.75 Å². The van der Waals surface area contributed by atoms with Crippen LogP contribution in [0, 0.1) is 11.6 Å². The molecular weight excluding hydrogens is 246 g/mol. The molecule has 0 spiro atoms. The highest BCUT2D eigenvalue weighted by Gasteiger charge is 2.22. The number of rotatable bonds is 5. The van der Waals surface area contributed by atoms with Gasteiger partial charge in [-0.1, -0.05) is 6.92 Å². The first-order valence-corrected chi connectivity index (χ1v) is 5.28. The van der Waals surface area contributed by atoms with E-state index in [-0.39, 0.29) is 12.0 Å². The van der Waals surface area contributed by atoms with E-state index in [1.54, 1.807) is 0 Å². The van der Waals surface area contributed by atoms with E-state index in [0.717, 1.165) is 6.07 Å². The minimum Gasteiger partial charge on any atom is -0.479 e. The molecule has 1 N–H and O–H groups in total. The number of hydrogen-bond acceptors (Lipinski definition) is 3. The molecule has 0 saturated heterocycles. The summed E-state index contributed by atoms with van der Waals surface area (Å²) in [5.74, 6) is -4.38. The van der Waals surface area contributed by atoms with E-state index < -0.39 is 35.2 Å². The lowest BCUT2D eigenvalue weighted by molar-refractivity contribution is -0.144. The van der Waals surface area contributed by atoms with Crippen molar-refractivity contribution in [2.24, 2.45) is 0 Å². The van der Waals surface area contributed by atoms with E-state index in [0.29, 0.717) is 6.07 Å². The Hall–Kier alpha value is -1.98. The van der Waals surface area contributed by atoms with Crippen molar-refractivity contribution in [2.75, 3.05) is 0 Å². The monoisotopic (exact) mass is 258 g/mol. The van der Waals surface area contributed by atoms with Crippen LogP contribution in [0.15, 0.2) is 12.1 Å². The number of carbonyl (C=O) groups is 2. The smallest absolute Gasteiger partial charge is 0.344 e. The number of carboxylic acids is 1. The number of carbonyl (C=O) groups excluding carboxylic acids is 1. The molecule has 0 fully saturated rings. The summed E-state index contributed by atoms with van der Waals surface area (Å²) in [6, 6.07) is 1.37. The molecule has 0 aliphatic carbocycles. The Kier molecular flexibility index (Phi) is 4.36. The maximum absolute atomic E-state index is 13.5. The van der Waals surface area contributed by atoms with Crippen molar-refractivity contribution in [2.45, 2.75) is 26.4 Å². The van der Waals surface area contributed by atoms with Crippen LogP contribution in [0.2, 0.25) is 0 Å². The minimum absolute atomic E-state index is 0.0285. The molecule has 1 aromatic carbocycles. The van der Waals surface area contributed by atoms with Gasteiger partial charge in [-0.25, -0.2) is 13.6 Å². The topological polar surface area (TPSA) is 63.6 Å². The van der Waals surface area contributed by atoms with E-state index in [1.807, 2.05) is 0 Å². The number of benzene rings is 1. The third kappa shape index (κ3) is 3.03. The average Bonchev–Trinajstić information content (AvgIpc) is 2.30. The Morgan fingerprint density at radius 2 is 2.00 bits per heavy atom. The van der Waals surface area contributed by atoms with Crippen LogP contribution in [-0.4, -0.2) is 23.0 Å². The van der Waals surface area contributed by atoms with Crippen LogP contribution in [0.25, 0.3) is 0 Å². The Morgan fingerprint density at radius 3 is 2.50 bits per heavy atom. The van der Waals surface area contributed by atoms with Crippen molar-refractivity contribution in [3.63, 3.8) is 0 Å². The fraction of sp³-hybridized carbons (Fsp3) is 0.333. The second-order valence-corrected chi connectivity index (χ2v) is 3.64. The molecule has 0 heterocycles. The molecule has 0 aromatic heterocycles. The Balaban J connectivity index is 3.23. The van der Waals surface area contributed by atoms with Crippen molar-refractivity contribution in [3.8, 4) is 5.75 Å². The van der Waals surface area contributed by atoms with Gasteiger partial charge in [-0.3, -0.25) is 4.79 Å². The molecular formula is C12H12F2O4. The summed E-state index contributed by atoms with van der Waals surface area (Å²) in [4.78, 5) is 22.2. The molecule has 1 atom stereocenters. The van der Waals surface area contributed by atoms with Gasteiger partial charge in [-0.05, 0) is 13.0 Å². The number of Topliss-reactive ketones (excluding diaryl/α,β-unsaturated/α-hetero) is 1. The average molecular weight is 258 g/mol. The molecule has 0 amide bonds. The number of carboxylic acid groups (broad SMARTS) is 1. The molecule has 18 heavy (non-hydrogen) atoms. The maximum atomic E-state index is 13.5. The lowest BCUT2D eigenvalue weighted by Gasteiger charge is -2.14. The maximum Gasteiger partial charge on any atom is 0.344 e. The van der Waals surface area contributed by atoms with E-state index in [9.17, 15) is 18.4 Å². The predicted molar refractivity (Wildman–Crippen MR) is 58.7 cm³/mol. The van der Waals surface area contributed by atoms with Gasteiger partial charge in [0.25, 0.3) is 0 Å². The summed E-state index contributed by atoms with van der Waals surface area (Å²) in [6.07, 6.45) is -1.31. The van der Waals surface area contributed by atoms with Gasteiger partial charge in [0.1, 0.15) is 5.82 Å². The predicted octanol–water partition coefficient (Wildman–Crippen LogP) is 2.41. The quantitative estimate of drug-likeness (QED) is 0.824. The Bertz CT molecular complexity index is 485. The second kappa shape index (κ2) is 5.57. The van der Waals surface area contributed by atoms with Crippen LogP contribution in [0.1, 0.15) is 30.6 Å². The third-order valence-electron chi connectivity index (χ3n) is 2.27. The van der Waals surface area contributed by atoms with Gasteiger partial charge in [-0.2, -0.15) is 0 Å². The Labute approximate surface area is 102 Å². The molecule has 6 heteroatoms.